The van der Waals surface area contributed by atoms with E-state index in [2.05, 4.69) is 11.8 Å². The molecule has 0 spiro atoms. The van der Waals surface area contributed by atoms with Crippen molar-refractivity contribution >= 4 is 5.97 Å². The third-order valence-electron chi connectivity index (χ3n) is 1.94. The Hall–Kier alpha value is -0.570. The highest BCUT2D eigenvalue weighted by atomic mass is 16.5. The molecule has 0 bridgehead atoms. The maximum atomic E-state index is 11.2. The van der Waals surface area contributed by atoms with Crippen LogP contribution in [0.25, 0.3) is 0 Å². The molecule has 0 radical (unpaired) electrons. The van der Waals surface area contributed by atoms with Gasteiger partial charge in [-0.05, 0) is 27.4 Å². The summed E-state index contributed by atoms with van der Waals surface area (Å²) in [6.07, 6.45) is 0. The standard InChI is InChI=1S/C9H19NO2/c1-6-10(4)7-9(2,3)8(11)12-5/h6-7H2,1-5H3. The summed E-state index contributed by atoms with van der Waals surface area (Å²) in [6.45, 7) is 7.53. The molecule has 0 unspecified atom stereocenters. The molecule has 0 aliphatic carbocycles. The van der Waals surface area contributed by atoms with E-state index in [1.807, 2.05) is 20.9 Å². The highest BCUT2D eigenvalue weighted by molar-refractivity contribution is 5.76. The molecule has 0 aromatic carbocycles. The lowest BCUT2D eigenvalue weighted by atomic mass is 9.93. The van der Waals surface area contributed by atoms with Crippen molar-refractivity contribution in [2.24, 2.45) is 5.41 Å². The molecule has 0 aliphatic heterocycles. The first-order chi connectivity index (χ1) is 5.44. The maximum absolute atomic E-state index is 11.2. The average molecular weight is 173 g/mol. The first kappa shape index (κ1) is 11.4. The van der Waals surface area contributed by atoms with Crippen molar-refractivity contribution in [3.63, 3.8) is 0 Å². The van der Waals surface area contributed by atoms with Crippen molar-refractivity contribution in [3.8, 4) is 0 Å². The van der Waals surface area contributed by atoms with E-state index in [0.29, 0.717) is 0 Å². The van der Waals surface area contributed by atoms with E-state index in [-0.39, 0.29) is 5.97 Å². The minimum atomic E-state index is -0.403. The number of methoxy groups -OCH3 is 1. The fourth-order valence-electron chi connectivity index (χ4n) is 1.13. The Bertz CT molecular complexity index is 155. The Morgan fingerprint density at radius 3 is 2.33 bits per heavy atom. The molecule has 0 aromatic rings. The monoisotopic (exact) mass is 173 g/mol. The molecule has 0 amide bonds. The van der Waals surface area contributed by atoms with E-state index in [1.54, 1.807) is 0 Å². The Morgan fingerprint density at radius 2 is 2.00 bits per heavy atom. The van der Waals surface area contributed by atoms with Gasteiger partial charge in [-0.15, -0.1) is 0 Å². The van der Waals surface area contributed by atoms with Crippen LogP contribution in [0.2, 0.25) is 0 Å². The quantitative estimate of drug-likeness (QED) is 0.597. The predicted molar refractivity (Wildman–Crippen MR) is 49.0 cm³/mol. The number of esters is 1. The highest BCUT2D eigenvalue weighted by Crippen LogP contribution is 2.17. The molecule has 0 aliphatic rings. The number of rotatable bonds is 4. The van der Waals surface area contributed by atoms with Crippen molar-refractivity contribution in [2.45, 2.75) is 20.8 Å². The molecule has 0 atom stereocenters. The Kier molecular flexibility index (Phi) is 4.24. The molecule has 0 fully saturated rings. The Balaban J connectivity index is 4.11. The average Bonchev–Trinajstić information content (AvgIpc) is 2.02. The van der Waals surface area contributed by atoms with Gasteiger partial charge >= 0.3 is 5.97 Å². The highest BCUT2D eigenvalue weighted by Gasteiger charge is 2.29. The van der Waals surface area contributed by atoms with Crippen molar-refractivity contribution in [1.29, 1.82) is 0 Å². The molecular formula is C9H19NO2. The number of ether oxygens (including phenoxy) is 1. The van der Waals surface area contributed by atoms with E-state index in [4.69, 9.17) is 4.74 Å². The summed E-state index contributed by atoms with van der Waals surface area (Å²) >= 11 is 0. The van der Waals surface area contributed by atoms with Gasteiger partial charge in [0.2, 0.25) is 0 Å². The molecule has 3 heteroatoms. The fraction of sp³-hybridized carbons (Fsp3) is 0.889. The van der Waals surface area contributed by atoms with Gasteiger partial charge in [0.05, 0.1) is 12.5 Å². The summed E-state index contributed by atoms with van der Waals surface area (Å²) in [7, 11) is 3.42. The first-order valence-corrected chi connectivity index (χ1v) is 4.21. The summed E-state index contributed by atoms with van der Waals surface area (Å²) in [5.74, 6) is -0.150. The largest absolute Gasteiger partial charge is 0.469 e. The number of carbonyl (C=O) groups excluding carboxylic acids is 1. The zero-order valence-electron chi connectivity index (χ0n) is 8.68. The van der Waals surface area contributed by atoms with Crippen LogP contribution in [0, 0.1) is 5.41 Å². The summed E-state index contributed by atoms with van der Waals surface area (Å²) in [5.41, 5.74) is -0.403. The zero-order valence-corrected chi connectivity index (χ0v) is 8.68. The molecular weight excluding hydrogens is 154 g/mol. The SMILES string of the molecule is CCN(C)CC(C)(C)C(=O)OC. The number of carbonyl (C=O) groups is 1. The van der Waals surface area contributed by atoms with Crippen LogP contribution in [0.5, 0.6) is 0 Å². The van der Waals surface area contributed by atoms with Crippen LogP contribution in [-0.4, -0.2) is 38.1 Å². The van der Waals surface area contributed by atoms with Crippen LogP contribution in [0.15, 0.2) is 0 Å². The zero-order chi connectivity index (χ0) is 9.78. The van der Waals surface area contributed by atoms with Gasteiger partial charge < -0.3 is 9.64 Å². The third kappa shape index (κ3) is 3.22. The minimum Gasteiger partial charge on any atom is -0.469 e. The topological polar surface area (TPSA) is 29.5 Å². The van der Waals surface area contributed by atoms with Crippen LogP contribution >= 0.6 is 0 Å². The molecule has 12 heavy (non-hydrogen) atoms. The van der Waals surface area contributed by atoms with Gasteiger partial charge in [-0.3, -0.25) is 4.79 Å². The predicted octanol–water partition coefficient (Wildman–Crippen LogP) is 1.14. The second kappa shape index (κ2) is 4.45. The number of nitrogens with zero attached hydrogens (tertiary/aromatic N) is 1. The third-order valence-corrected chi connectivity index (χ3v) is 1.94. The molecule has 0 heterocycles. The number of hydrogen-bond donors (Lipinski definition) is 0. The van der Waals surface area contributed by atoms with E-state index < -0.39 is 5.41 Å². The Morgan fingerprint density at radius 1 is 1.50 bits per heavy atom. The van der Waals surface area contributed by atoms with Crippen molar-refractivity contribution in [1.82, 2.24) is 4.90 Å². The van der Waals surface area contributed by atoms with Crippen LogP contribution in [-0.2, 0) is 9.53 Å². The van der Waals surface area contributed by atoms with Gasteiger partial charge in [-0.25, -0.2) is 0 Å². The van der Waals surface area contributed by atoms with Crippen LogP contribution in [0.3, 0.4) is 0 Å². The van der Waals surface area contributed by atoms with Gasteiger partial charge in [-0.1, -0.05) is 6.92 Å². The molecule has 0 saturated heterocycles. The molecule has 3 nitrogen and oxygen atoms in total. The minimum absolute atomic E-state index is 0.150. The second-order valence-corrected chi connectivity index (χ2v) is 3.71. The first-order valence-electron chi connectivity index (χ1n) is 4.21. The molecule has 72 valence electrons. The van der Waals surface area contributed by atoms with Crippen LogP contribution in [0.4, 0.5) is 0 Å². The van der Waals surface area contributed by atoms with E-state index >= 15 is 0 Å². The summed E-state index contributed by atoms with van der Waals surface area (Å²) < 4.78 is 4.69. The lowest BCUT2D eigenvalue weighted by molar-refractivity contribution is -0.151. The summed E-state index contributed by atoms with van der Waals surface area (Å²) in [4.78, 5) is 13.3. The Labute approximate surface area is 74.7 Å². The van der Waals surface area contributed by atoms with Gasteiger partial charge in [0, 0.05) is 6.54 Å². The van der Waals surface area contributed by atoms with Gasteiger partial charge in [-0.2, -0.15) is 0 Å². The van der Waals surface area contributed by atoms with E-state index in [1.165, 1.54) is 7.11 Å². The van der Waals surface area contributed by atoms with Crippen molar-refractivity contribution in [3.05, 3.63) is 0 Å². The maximum Gasteiger partial charge on any atom is 0.312 e. The van der Waals surface area contributed by atoms with E-state index in [9.17, 15) is 4.79 Å². The lowest BCUT2D eigenvalue weighted by Gasteiger charge is -2.26. The van der Waals surface area contributed by atoms with Gasteiger partial charge in [0.25, 0.3) is 0 Å². The summed E-state index contributed by atoms with van der Waals surface area (Å²) in [6, 6.07) is 0. The summed E-state index contributed by atoms with van der Waals surface area (Å²) in [5, 5.41) is 0. The van der Waals surface area contributed by atoms with E-state index in [0.717, 1.165) is 13.1 Å². The molecule has 0 rings (SSSR count). The van der Waals surface area contributed by atoms with Gasteiger partial charge in [0.15, 0.2) is 0 Å². The molecule has 0 aromatic heterocycles. The lowest BCUT2D eigenvalue weighted by Crippen LogP contribution is -2.37. The van der Waals surface area contributed by atoms with Crippen LogP contribution in [0.1, 0.15) is 20.8 Å². The van der Waals surface area contributed by atoms with Crippen molar-refractivity contribution < 1.29 is 9.53 Å². The number of hydrogen-bond acceptors (Lipinski definition) is 3. The fourth-order valence-corrected chi connectivity index (χ4v) is 1.13. The van der Waals surface area contributed by atoms with Crippen molar-refractivity contribution in [2.75, 3.05) is 27.2 Å². The molecule has 0 N–H and O–H groups in total. The smallest absolute Gasteiger partial charge is 0.312 e. The molecule has 0 saturated carbocycles. The second-order valence-electron chi connectivity index (χ2n) is 3.71. The van der Waals surface area contributed by atoms with Gasteiger partial charge in [0.1, 0.15) is 0 Å². The van der Waals surface area contributed by atoms with Crippen LogP contribution < -0.4 is 0 Å². The normalized spacial score (nSPS) is 11.8.